The molecule has 0 aromatic rings. The van der Waals surface area contributed by atoms with E-state index in [-0.39, 0.29) is 12.6 Å². The molecular formula is C11H21NO3. The molecule has 0 rings (SSSR count). The van der Waals surface area contributed by atoms with Crippen LogP contribution in [-0.4, -0.2) is 32.5 Å². The minimum Gasteiger partial charge on any atom is -0.379 e. The summed E-state index contributed by atoms with van der Waals surface area (Å²) in [6, 6.07) is 0. The molecule has 15 heavy (non-hydrogen) atoms. The maximum atomic E-state index is 11.0. The van der Waals surface area contributed by atoms with Crippen molar-refractivity contribution in [2.24, 2.45) is 0 Å². The molecule has 0 saturated carbocycles. The van der Waals surface area contributed by atoms with Crippen molar-refractivity contribution in [1.82, 2.24) is 5.32 Å². The van der Waals surface area contributed by atoms with Crippen molar-refractivity contribution in [3.63, 3.8) is 0 Å². The Balaban J connectivity index is 3.11. The lowest BCUT2D eigenvalue weighted by atomic mass is 10.3. The molecule has 88 valence electrons. The van der Waals surface area contributed by atoms with Gasteiger partial charge in [0.1, 0.15) is 6.73 Å². The van der Waals surface area contributed by atoms with E-state index in [1.807, 2.05) is 0 Å². The fourth-order valence-electron chi connectivity index (χ4n) is 0.806. The smallest absolute Gasteiger partial charge is 0.248 e. The Hall–Kier alpha value is -0.870. The maximum Gasteiger partial charge on any atom is 0.248 e. The Morgan fingerprint density at radius 3 is 2.53 bits per heavy atom. The summed E-state index contributed by atoms with van der Waals surface area (Å²) in [5.41, 5.74) is 0.484. The Kier molecular flexibility index (Phi) is 9.11. The van der Waals surface area contributed by atoms with E-state index in [0.29, 0.717) is 18.8 Å². The number of amides is 1. The second kappa shape index (κ2) is 9.68. The average molecular weight is 215 g/mol. The number of ether oxygens (including phenoxy) is 2. The first-order valence-corrected chi connectivity index (χ1v) is 5.27. The molecular weight excluding hydrogens is 194 g/mol. The van der Waals surface area contributed by atoms with Gasteiger partial charge in [0.05, 0.1) is 13.2 Å². The van der Waals surface area contributed by atoms with Crippen molar-refractivity contribution < 1.29 is 14.3 Å². The highest BCUT2D eigenvalue weighted by Crippen LogP contribution is 1.88. The van der Waals surface area contributed by atoms with Gasteiger partial charge < -0.3 is 14.8 Å². The number of carbonyl (C=O) groups excluding carboxylic acids is 1. The molecule has 1 amide bonds. The molecule has 0 aromatic heterocycles. The van der Waals surface area contributed by atoms with Crippen molar-refractivity contribution in [3.05, 3.63) is 12.2 Å². The lowest BCUT2D eigenvalue weighted by molar-refractivity contribution is -0.119. The number of carbonyl (C=O) groups is 1. The summed E-state index contributed by atoms with van der Waals surface area (Å²) in [7, 11) is 0. The third kappa shape index (κ3) is 9.43. The van der Waals surface area contributed by atoms with Crippen molar-refractivity contribution in [3.8, 4) is 0 Å². The van der Waals surface area contributed by atoms with Crippen LogP contribution >= 0.6 is 0 Å². The first-order valence-electron chi connectivity index (χ1n) is 5.27. The van der Waals surface area contributed by atoms with E-state index in [9.17, 15) is 4.79 Å². The molecule has 0 atom stereocenters. The maximum absolute atomic E-state index is 11.0. The highest BCUT2D eigenvalue weighted by Gasteiger charge is 1.98. The second-order valence-corrected chi connectivity index (χ2v) is 3.30. The highest BCUT2D eigenvalue weighted by atomic mass is 16.5. The van der Waals surface area contributed by atoms with Crippen LogP contribution in [-0.2, 0) is 14.3 Å². The van der Waals surface area contributed by atoms with Gasteiger partial charge in [0.15, 0.2) is 0 Å². The fourth-order valence-corrected chi connectivity index (χ4v) is 0.806. The molecule has 4 nitrogen and oxygen atoms in total. The van der Waals surface area contributed by atoms with E-state index in [4.69, 9.17) is 9.47 Å². The zero-order valence-electron chi connectivity index (χ0n) is 9.67. The molecule has 0 bridgehead atoms. The Labute approximate surface area is 91.6 Å². The molecule has 0 aliphatic carbocycles. The van der Waals surface area contributed by atoms with E-state index in [1.54, 1.807) is 6.92 Å². The fraction of sp³-hybridized carbons (Fsp3) is 0.727. The van der Waals surface area contributed by atoms with Gasteiger partial charge in [0, 0.05) is 12.2 Å². The third-order valence-electron chi connectivity index (χ3n) is 1.74. The average Bonchev–Trinajstić information content (AvgIpc) is 2.21. The van der Waals surface area contributed by atoms with E-state index < -0.39 is 0 Å². The Bertz CT molecular complexity index is 192. The van der Waals surface area contributed by atoms with Crippen LogP contribution in [0.5, 0.6) is 0 Å². The van der Waals surface area contributed by atoms with Gasteiger partial charge >= 0.3 is 0 Å². The first-order chi connectivity index (χ1) is 7.18. The van der Waals surface area contributed by atoms with E-state index in [0.717, 1.165) is 19.4 Å². The van der Waals surface area contributed by atoms with Gasteiger partial charge in [-0.1, -0.05) is 19.9 Å². The van der Waals surface area contributed by atoms with Crippen LogP contribution in [0.25, 0.3) is 0 Å². The van der Waals surface area contributed by atoms with Crippen LogP contribution in [0, 0.1) is 0 Å². The topological polar surface area (TPSA) is 47.6 Å². The van der Waals surface area contributed by atoms with E-state index in [2.05, 4.69) is 18.8 Å². The number of hydrogen-bond donors (Lipinski definition) is 1. The third-order valence-corrected chi connectivity index (χ3v) is 1.74. The lowest BCUT2D eigenvalue weighted by Crippen LogP contribution is -2.27. The zero-order valence-corrected chi connectivity index (χ0v) is 9.67. The molecule has 1 N–H and O–H groups in total. The van der Waals surface area contributed by atoms with Gasteiger partial charge in [-0.2, -0.15) is 0 Å². The van der Waals surface area contributed by atoms with Gasteiger partial charge in [-0.05, 0) is 13.3 Å². The molecule has 0 aromatic carbocycles. The summed E-state index contributed by atoms with van der Waals surface area (Å²) in [4.78, 5) is 11.0. The molecule has 0 spiro atoms. The standard InChI is InChI=1S/C11H21NO3/c1-4-5-6-14-7-8-15-9-12-11(13)10(2)3/h2,4-9H2,1,3H3,(H,12,13). The van der Waals surface area contributed by atoms with Gasteiger partial charge in [-0.3, -0.25) is 4.79 Å². The van der Waals surface area contributed by atoms with Gasteiger partial charge in [-0.25, -0.2) is 0 Å². The SMILES string of the molecule is C=C(C)C(=O)NCOCCOCCCC. The van der Waals surface area contributed by atoms with Gasteiger partial charge in [-0.15, -0.1) is 0 Å². The van der Waals surface area contributed by atoms with Crippen molar-refractivity contribution in [1.29, 1.82) is 0 Å². The predicted molar refractivity (Wildman–Crippen MR) is 59.5 cm³/mol. The second-order valence-electron chi connectivity index (χ2n) is 3.30. The molecule has 0 saturated heterocycles. The number of nitrogens with one attached hydrogen (secondary N) is 1. The van der Waals surface area contributed by atoms with Crippen LogP contribution in [0.2, 0.25) is 0 Å². The summed E-state index contributed by atoms with van der Waals surface area (Å²) in [5, 5.41) is 2.57. The molecule has 0 unspecified atom stereocenters. The molecule has 0 aliphatic heterocycles. The van der Waals surface area contributed by atoms with Crippen molar-refractivity contribution in [2.45, 2.75) is 26.7 Å². The van der Waals surface area contributed by atoms with Crippen molar-refractivity contribution >= 4 is 5.91 Å². The van der Waals surface area contributed by atoms with Gasteiger partial charge in [0.25, 0.3) is 0 Å². The molecule has 0 aliphatic rings. The van der Waals surface area contributed by atoms with Crippen molar-refractivity contribution in [2.75, 3.05) is 26.6 Å². The van der Waals surface area contributed by atoms with Crippen LogP contribution in [0.15, 0.2) is 12.2 Å². The minimum absolute atomic E-state index is 0.179. The highest BCUT2D eigenvalue weighted by molar-refractivity contribution is 5.91. The summed E-state index contributed by atoms with van der Waals surface area (Å²) in [6.45, 7) is 9.35. The molecule has 0 fully saturated rings. The summed E-state index contributed by atoms with van der Waals surface area (Å²) >= 11 is 0. The molecule has 0 radical (unpaired) electrons. The number of unbranched alkanes of at least 4 members (excludes halogenated alkanes) is 1. The Morgan fingerprint density at radius 2 is 1.93 bits per heavy atom. The molecule has 0 heterocycles. The lowest BCUT2D eigenvalue weighted by Gasteiger charge is -2.06. The summed E-state index contributed by atoms with van der Waals surface area (Å²) < 4.78 is 10.4. The quantitative estimate of drug-likeness (QED) is 0.360. The Morgan fingerprint density at radius 1 is 1.27 bits per heavy atom. The first kappa shape index (κ1) is 14.1. The summed E-state index contributed by atoms with van der Waals surface area (Å²) in [5.74, 6) is -0.179. The summed E-state index contributed by atoms with van der Waals surface area (Å²) in [6.07, 6.45) is 2.21. The van der Waals surface area contributed by atoms with E-state index in [1.165, 1.54) is 0 Å². The van der Waals surface area contributed by atoms with Crippen LogP contribution < -0.4 is 5.32 Å². The van der Waals surface area contributed by atoms with E-state index >= 15 is 0 Å². The zero-order chi connectivity index (χ0) is 11.5. The van der Waals surface area contributed by atoms with Crippen LogP contribution in [0.1, 0.15) is 26.7 Å². The molecule has 4 heteroatoms. The predicted octanol–water partition coefficient (Wildman–Crippen LogP) is 1.47. The van der Waals surface area contributed by atoms with Crippen LogP contribution in [0.3, 0.4) is 0 Å². The van der Waals surface area contributed by atoms with Gasteiger partial charge in [0.2, 0.25) is 5.91 Å². The monoisotopic (exact) mass is 215 g/mol. The number of hydrogen-bond acceptors (Lipinski definition) is 3. The number of rotatable bonds is 9. The minimum atomic E-state index is -0.179. The normalized spacial score (nSPS) is 10.0. The largest absolute Gasteiger partial charge is 0.379 e. The van der Waals surface area contributed by atoms with Crippen LogP contribution in [0.4, 0.5) is 0 Å².